The summed E-state index contributed by atoms with van der Waals surface area (Å²) < 4.78 is 15.9. The minimum absolute atomic E-state index is 0.167. The predicted octanol–water partition coefficient (Wildman–Crippen LogP) is 2.82. The minimum Gasteiger partial charge on any atom is -0.497 e. The monoisotopic (exact) mass is 274 g/mol. The molecule has 0 amide bonds. The average molecular weight is 274 g/mol. The van der Waals surface area contributed by atoms with Gasteiger partial charge in [-0.3, -0.25) is 0 Å². The van der Waals surface area contributed by atoms with E-state index >= 15 is 0 Å². The molecule has 106 valence electrons. The maximum Gasteiger partial charge on any atom is 0.122 e. The molecule has 0 heterocycles. The summed E-state index contributed by atoms with van der Waals surface area (Å²) in [6.07, 6.45) is -0.751. The van der Waals surface area contributed by atoms with Gasteiger partial charge in [-0.1, -0.05) is 18.2 Å². The van der Waals surface area contributed by atoms with Crippen LogP contribution in [0.15, 0.2) is 48.5 Å². The molecule has 0 aliphatic carbocycles. The number of ether oxygens (including phenoxy) is 3. The summed E-state index contributed by atoms with van der Waals surface area (Å²) in [5, 5.41) is 10.2. The molecule has 0 aliphatic heterocycles. The quantitative estimate of drug-likeness (QED) is 0.880. The molecule has 0 saturated heterocycles. The molecule has 0 radical (unpaired) electrons. The Morgan fingerprint density at radius 1 is 0.900 bits per heavy atom. The van der Waals surface area contributed by atoms with E-state index in [9.17, 15) is 5.11 Å². The normalized spacial score (nSPS) is 11.8. The van der Waals surface area contributed by atoms with Crippen molar-refractivity contribution < 1.29 is 19.3 Å². The summed E-state index contributed by atoms with van der Waals surface area (Å²) in [4.78, 5) is 0. The highest BCUT2D eigenvalue weighted by Crippen LogP contribution is 2.26. The predicted molar refractivity (Wildman–Crippen MR) is 76.4 cm³/mol. The Hall–Kier alpha value is -2.20. The Morgan fingerprint density at radius 2 is 1.50 bits per heavy atom. The summed E-state index contributed by atoms with van der Waals surface area (Å²) in [5.41, 5.74) is 0.692. The lowest BCUT2D eigenvalue weighted by atomic mass is 10.1. The third kappa shape index (κ3) is 3.65. The molecule has 0 bridgehead atoms. The van der Waals surface area contributed by atoms with Crippen LogP contribution in [0.1, 0.15) is 11.7 Å². The molecule has 0 fully saturated rings. The van der Waals surface area contributed by atoms with Crippen LogP contribution in [0, 0.1) is 0 Å². The zero-order chi connectivity index (χ0) is 14.4. The third-order valence-electron chi connectivity index (χ3n) is 2.91. The number of methoxy groups -OCH3 is 2. The van der Waals surface area contributed by atoms with Gasteiger partial charge in [0.1, 0.15) is 30.0 Å². The van der Waals surface area contributed by atoms with Crippen LogP contribution in [0.2, 0.25) is 0 Å². The molecular weight excluding hydrogens is 256 g/mol. The molecule has 1 N–H and O–H groups in total. The summed E-state index contributed by atoms with van der Waals surface area (Å²) in [7, 11) is 3.15. The minimum atomic E-state index is -0.751. The molecule has 2 rings (SSSR count). The number of aliphatic hydroxyl groups excluding tert-OH is 1. The molecule has 0 spiro atoms. The molecule has 4 heteroatoms. The van der Waals surface area contributed by atoms with Crippen LogP contribution < -0.4 is 14.2 Å². The van der Waals surface area contributed by atoms with Gasteiger partial charge in [-0.15, -0.1) is 0 Å². The first-order valence-electron chi connectivity index (χ1n) is 6.32. The fraction of sp³-hybridized carbons (Fsp3) is 0.250. The van der Waals surface area contributed by atoms with Crippen molar-refractivity contribution in [3.8, 4) is 17.2 Å². The maximum absolute atomic E-state index is 10.2. The van der Waals surface area contributed by atoms with Gasteiger partial charge in [0, 0.05) is 6.07 Å². The number of benzene rings is 2. The standard InChI is InChI=1S/C16H18O4/c1-18-14-8-12(9-15(10-14)19-2)16(17)11-20-13-6-4-3-5-7-13/h3-10,16-17H,11H2,1-2H3. The molecule has 1 unspecified atom stereocenters. The van der Waals surface area contributed by atoms with E-state index in [1.165, 1.54) is 0 Å². The summed E-state index contributed by atoms with van der Waals surface area (Å²) in [5.74, 6) is 2.00. The van der Waals surface area contributed by atoms with Crippen molar-refractivity contribution >= 4 is 0 Å². The Bertz CT molecular complexity index is 517. The van der Waals surface area contributed by atoms with E-state index in [1.54, 1.807) is 32.4 Å². The van der Waals surface area contributed by atoms with Gasteiger partial charge in [-0.2, -0.15) is 0 Å². The lowest BCUT2D eigenvalue weighted by Crippen LogP contribution is -2.10. The van der Waals surface area contributed by atoms with E-state index in [4.69, 9.17) is 14.2 Å². The van der Waals surface area contributed by atoms with E-state index < -0.39 is 6.10 Å². The summed E-state index contributed by atoms with van der Waals surface area (Å²) >= 11 is 0. The van der Waals surface area contributed by atoms with Crippen LogP contribution in [0.5, 0.6) is 17.2 Å². The number of aliphatic hydroxyl groups is 1. The Balaban J connectivity index is 2.06. The number of hydrogen-bond acceptors (Lipinski definition) is 4. The van der Waals surface area contributed by atoms with Crippen molar-refractivity contribution in [1.29, 1.82) is 0 Å². The van der Waals surface area contributed by atoms with Gasteiger partial charge in [0.25, 0.3) is 0 Å². The fourth-order valence-electron chi connectivity index (χ4n) is 1.81. The molecule has 0 aliphatic rings. The molecule has 2 aromatic rings. The van der Waals surface area contributed by atoms with E-state index in [-0.39, 0.29) is 6.61 Å². The molecule has 20 heavy (non-hydrogen) atoms. The van der Waals surface area contributed by atoms with Crippen molar-refractivity contribution in [3.05, 3.63) is 54.1 Å². The summed E-state index contributed by atoms with van der Waals surface area (Å²) in [6.45, 7) is 0.167. The first kappa shape index (κ1) is 14.2. The number of para-hydroxylation sites is 1. The van der Waals surface area contributed by atoms with Gasteiger partial charge in [-0.25, -0.2) is 0 Å². The van der Waals surface area contributed by atoms with Crippen LogP contribution in [0.3, 0.4) is 0 Å². The van der Waals surface area contributed by atoms with E-state index in [2.05, 4.69) is 0 Å². The van der Waals surface area contributed by atoms with Crippen molar-refractivity contribution in [2.24, 2.45) is 0 Å². The van der Waals surface area contributed by atoms with Crippen molar-refractivity contribution in [3.63, 3.8) is 0 Å². The Kier molecular flexibility index (Phi) is 4.85. The smallest absolute Gasteiger partial charge is 0.122 e. The molecular formula is C16H18O4. The zero-order valence-corrected chi connectivity index (χ0v) is 11.6. The molecule has 0 saturated carbocycles. The number of hydrogen-bond donors (Lipinski definition) is 1. The van der Waals surface area contributed by atoms with Crippen LogP contribution in [-0.4, -0.2) is 25.9 Å². The first-order valence-corrected chi connectivity index (χ1v) is 6.32. The first-order chi connectivity index (χ1) is 9.72. The fourth-order valence-corrected chi connectivity index (χ4v) is 1.81. The van der Waals surface area contributed by atoms with Gasteiger partial charge in [-0.05, 0) is 29.8 Å². The molecule has 4 nitrogen and oxygen atoms in total. The van der Waals surface area contributed by atoms with E-state index in [1.807, 2.05) is 30.3 Å². The van der Waals surface area contributed by atoms with Gasteiger partial charge in [0.15, 0.2) is 0 Å². The lowest BCUT2D eigenvalue weighted by molar-refractivity contribution is 0.108. The Labute approximate surface area is 118 Å². The second-order valence-electron chi connectivity index (χ2n) is 4.29. The highest BCUT2D eigenvalue weighted by Gasteiger charge is 2.12. The highest BCUT2D eigenvalue weighted by atomic mass is 16.5. The second-order valence-corrected chi connectivity index (χ2v) is 4.29. The van der Waals surface area contributed by atoms with Crippen LogP contribution in [0.4, 0.5) is 0 Å². The number of rotatable bonds is 6. The van der Waals surface area contributed by atoms with Crippen LogP contribution in [0.25, 0.3) is 0 Å². The van der Waals surface area contributed by atoms with E-state index in [0.717, 1.165) is 5.75 Å². The topological polar surface area (TPSA) is 47.9 Å². The maximum atomic E-state index is 10.2. The summed E-state index contributed by atoms with van der Waals surface area (Å²) in [6, 6.07) is 14.7. The largest absolute Gasteiger partial charge is 0.497 e. The molecule has 1 atom stereocenters. The Morgan fingerprint density at radius 3 is 2.05 bits per heavy atom. The SMILES string of the molecule is COc1cc(OC)cc(C(O)COc2ccccc2)c1. The van der Waals surface area contributed by atoms with E-state index in [0.29, 0.717) is 17.1 Å². The zero-order valence-electron chi connectivity index (χ0n) is 11.6. The van der Waals surface area contributed by atoms with Crippen LogP contribution >= 0.6 is 0 Å². The third-order valence-corrected chi connectivity index (χ3v) is 2.91. The van der Waals surface area contributed by atoms with Gasteiger partial charge in [0.05, 0.1) is 14.2 Å². The van der Waals surface area contributed by atoms with Crippen molar-refractivity contribution in [1.82, 2.24) is 0 Å². The molecule has 0 aromatic heterocycles. The van der Waals surface area contributed by atoms with Crippen molar-refractivity contribution in [2.75, 3.05) is 20.8 Å². The van der Waals surface area contributed by atoms with Crippen molar-refractivity contribution in [2.45, 2.75) is 6.10 Å². The second kappa shape index (κ2) is 6.82. The van der Waals surface area contributed by atoms with Gasteiger partial charge < -0.3 is 19.3 Å². The molecule has 2 aromatic carbocycles. The average Bonchev–Trinajstić information content (AvgIpc) is 2.52. The van der Waals surface area contributed by atoms with Crippen LogP contribution in [-0.2, 0) is 0 Å². The van der Waals surface area contributed by atoms with Gasteiger partial charge >= 0.3 is 0 Å². The lowest BCUT2D eigenvalue weighted by Gasteiger charge is -2.15. The van der Waals surface area contributed by atoms with Gasteiger partial charge in [0.2, 0.25) is 0 Å². The highest BCUT2D eigenvalue weighted by molar-refractivity contribution is 5.39.